The lowest BCUT2D eigenvalue weighted by Crippen LogP contribution is -2.59. The number of hydrogen-bond acceptors (Lipinski definition) is 5. The van der Waals surface area contributed by atoms with E-state index in [0.717, 1.165) is 47.5 Å². The van der Waals surface area contributed by atoms with Gasteiger partial charge in [-0.25, -0.2) is 0 Å². The molecule has 1 unspecified atom stereocenters. The Morgan fingerprint density at radius 2 is 1.33 bits per heavy atom. The van der Waals surface area contributed by atoms with E-state index in [0.29, 0.717) is 5.75 Å². The molecule has 3 aromatic rings. The molecule has 51 heavy (non-hydrogen) atoms. The van der Waals surface area contributed by atoms with Crippen molar-refractivity contribution < 1.29 is 14.4 Å². The van der Waals surface area contributed by atoms with Gasteiger partial charge in [-0.3, -0.25) is 10.1 Å². The van der Waals surface area contributed by atoms with E-state index in [4.69, 9.17) is 9.47 Å². The van der Waals surface area contributed by atoms with Crippen LogP contribution < -0.4 is 14.4 Å². The summed E-state index contributed by atoms with van der Waals surface area (Å²) in [5.41, 5.74) is 3.49. The molecule has 0 saturated heterocycles. The lowest BCUT2D eigenvalue weighted by atomic mass is 9.76. The average Bonchev–Trinajstić information content (AvgIpc) is 3.31. The summed E-state index contributed by atoms with van der Waals surface area (Å²) >= 11 is 0. The van der Waals surface area contributed by atoms with Gasteiger partial charge < -0.3 is 14.4 Å². The van der Waals surface area contributed by atoms with Crippen LogP contribution >= 0.6 is 0 Å². The highest BCUT2D eigenvalue weighted by Crippen LogP contribution is 2.56. The first-order chi connectivity index (χ1) is 24.8. The molecule has 6 nitrogen and oxygen atoms in total. The zero-order valence-electron chi connectivity index (χ0n) is 31.6. The van der Waals surface area contributed by atoms with Crippen LogP contribution in [0.1, 0.15) is 146 Å². The molecule has 1 atom stereocenters. The maximum absolute atomic E-state index is 12.5. The monoisotopic (exact) mass is 692 g/mol. The van der Waals surface area contributed by atoms with E-state index in [1.807, 2.05) is 48.6 Å². The van der Waals surface area contributed by atoms with Crippen molar-refractivity contribution in [1.82, 2.24) is 0 Å². The van der Waals surface area contributed by atoms with Crippen molar-refractivity contribution in [2.24, 2.45) is 0 Å². The molecule has 0 aliphatic carbocycles. The van der Waals surface area contributed by atoms with Crippen LogP contribution in [0, 0.1) is 10.1 Å². The van der Waals surface area contributed by atoms with Gasteiger partial charge in [0, 0.05) is 23.9 Å². The second-order valence-corrected chi connectivity index (χ2v) is 15.1. The highest BCUT2D eigenvalue weighted by molar-refractivity contribution is 5.79. The Labute approximate surface area is 307 Å². The lowest BCUT2D eigenvalue weighted by molar-refractivity contribution is -0.386. The average molecular weight is 693 g/mol. The van der Waals surface area contributed by atoms with Crippen LogP contribution in [0.5, 0.6) is 11.5 Å². The third-order valence-corrected chi connectivity index (χ3v) is 11.0. The van der Waals surface area contributed by atoms with Gasteiger partial charge in [0.1, 0.15) is 5.75 Å². The molecule has 0 radical (unpaired) electrons. The van der Waals surface area contributed by atoms with Crippen molar-refractivity contribution >= 4 is 29.6 Å². The second-order valence-electron chi connectivity index (χ2n) is 15.1. The molecule has 0 bridgehead atoms. The van der Waals surface area contributed by atoms with E-state index in [1.54, 1.807) is 13.2 Å². The van der Waals surface area contributed by atoms with Gasteiger partial charge >= 0.3 is 5.69 Å². The predicted molar refractivity (Wildman–Crippen MR) is 214 cm³/mol. The number of nitro benzene ring substituents is 1. The number of rotatable bonds is 21. The van der Waals surface area contributed by atoms with Crippen molar-refractivity contribution in [3.8, 4) is 11.5 Å². The summed E-state index contributed by atoms with van der Waals surface area (Å²) in [7, 11) is 1.64. The fraction of sp³-hybridized carbons (Fsp3) is 0.511. The van der Waals surface area contributed by atoms with E-state index in [1.165, 1.54) is 95.5 Å². The van der Waals surface area contributed by atoms with E-state index in [-0.39, 0.29) is 10.6 Å². The van der Waals surface area contributed by atoms with Gasteiger partial charge in [0.25, 0.3) is 0 Å². The summed E-state index contributed by atoms with van der Waals surface area (Å²) in [5, 5.41) is 12.5. The van der Waals surface area contributed by atoms with Crippen molar-refractivity contribution in [2.75, 3.05) is 18.6 Å². The van der Waals surface area contributed by atoms with Crippen LogP contribution in [-0.4, -0.2) is 24.3 Å². The number of ether oxygens (including phenoxy) is 2. The molecular weight excluding hydrogens is 633 g/mol. The zero-order valence-corrected chi connectivity index (χ0v) is 31.6. The number of para-hydroxylation sites is 1. The van der Waals surface area contributed by atoms with Gasteiger partial charge in [0.15, 0.2) is 0 Å². The van der Waals surface area contributed by atoms with Crippen LogP contribution in [0.4, 0.5) is 11.4 Å². The molecule has 2 aliphatic rings. The van der Waals surface area contributed by atoms with Crippen LogP contribution in [0.15, 0.2) is 66.7 Å². The molecule has 0 N–H and O–H groups in total. The molecular formula is C45H60N2O4. The Morgan fingerprint density at radius 3 is 1.92 bits per heavy atom. The second kappa shape index (κ2) is 18.4. The van der Waals surface area contributed by atoms with Gasteiger partial charge in [0.05, 0.1) is 17.4 Å². The molecule has 274 valence electrons. The minimum Gasteiger partial charge on any atom is -0.497 e. The zero-order chi connectivity index (χ0) is 36.1. The predicted octanol–water partition coefficient (Wildman–Crippen LogP) is 12.9. The molecule has 0 fully saturated rings. The third-order valence-electron chi connectivity index (χ3n) is 11.0. The largest absolute Gasteiger partial charge is 0.497 e. The molecule has 0 aromatic heterocycles. The first-order valence-electron chi connectivity index (χ1n) is 19.7. The van der Waals surface area contributed by atoms with Gasteiger partial charge in [0.2, 0.25) is 11.5 Å². The Kier molecular flexibility index (Phi) is 13.8. The van der Waals surface area contributed by atoms with Gasteiger partial charge in [-0.2, -0.15) is 0 Å². The molecule has 1 spiro atoms. The number of unbranched alkanes of at least 4 members (excludes halogenated alkanes) is 15. The number of hydrogen-bond donors (Lipinski definition) is 0. The van der Waals surface area contributed by atoms with E-state index >= 15 is 0 Å². The first-order valence-corrected chi connectivity index (χ1v) is 19.7. The van der Waals surface area contributed by atoms with Crippen molar-refractivity contribution in [2.45, 2.75) is 135 Å². The minimum absolute atomic E-state index is 0.0141. The van der Waals surface area contributed by atoms with E-state index in [2.05, 4.69) is 56.0 Å². The summed E-state index contributed by atoms with van der Waals surface area (Å²) in [6.45, 7) is 7.51. The summed E-state index contributed by atoms with van der Waals surface area (Å²) < 4.78 is 12.2. The number of anilines is 1. The number of methoxy groups -OCH3 is 1. The van der Waals surface area contributed by atoms with Gasteiger partial charge in [-0.15, -0.1) is 0 Å². The number of benzene rings is 3. The summed E-state index contributed by atoms with van der Waals surface area (Å²) in [6, 6.07) is 19.8. The van der Waals surface area contributed by atoms with Crippen LogP contribution in [0.25, 0.3) is 18.2 Å². The van der Waals surface area contributed by atoms with Crippen LogP contribution in [0.3, 0.4) is 0 Å². The molecule has 2 aliphatic heterocycles. The summed E-state index contributed by atoms with van der Waals surface area (Å²) in [6.07, 6.45) is 29.4. The molecule has 5 rings (SSSR count). The molecule has 0 amide bonds. The number of nitrogens with zero attached hydrogens (tertiary/aromatic N) is 2. The quantitative estimate of drug-likeness (QED) is 0.0481. The van der Waals surface area contributed by atoms with E-state index in [9.17, 15) is 10.1 Å². The van der Waals surface area contributed by atoms with Crippen LogP contribution in [-0.2, 0) is 5.41 Å². The Balaban J connectivity index is 1.19. The topological polar surface area (TPSA) is 64.8 Å². The van der Waals surface area contributed by atoms with Crippen molar-refractivity contribution in [1.29, 1.82) is 0 Å². The Hall–Kier alpha value is -4.06. The number of fused-ring (bicyclic) bond motifs is 2. The Bertz CT molecular complexity index is 1630. The molecule has 0 saturated carbocycles. The summed E-state index contributed by atoms with van der Waals surface area (Å²) in [5.74, 6) is 1.12. The Morgan fingerprint density at radius 1 is 0.765 bits per heavy atom. The van der Waals surface area contributed by atoms with Crippen LogP contribution in [0.2, 0.25) is 0 Å². The molecule has 2 heterocycles. The van der Waals surface area contributed by atoms with Gasteiger partial charge in [-0.05, 0) is 73.4 Å². The normalized spacial score (nSPS) is 17.1. The van der Waals surface area contributed by atoms with Crippen molar-refractivity contribution in [3.05, 3.63) is 99.1 Å². The summed E-state index contributed by atoms with van der Waals surface area (Å²) in [4.78, 5) is 14.6. The number of nitro groups is 1. The fourth-order valence-corrected chi connectivity index (χ4v) is 7.96. The third kappa shape index (κ3) is 9.25. The first kappa shape index (κ1) is 38.2. The molecule has 6 heteroatoms. The maximum atomic E-state index is 12.5. The van der Waals surface area contributed by atoms with Crippen molar-refractivity contribution in [3.63, 3.8) is 0 Å². The highest BCUT2D eigenvalue weighted by atomic mass is 16.6. The maximum Gasteiger partial charge on any atom is 0.312 e. The van der Waals surface area contributed by atoms with Gasteiger partial charge in [-0.1, -0.05) is 146 Å². The smallest absolute Gasteiger partial charge is 0.312 e. The minimum atomic E-state index is -0.871. The van der Waals surface area contributed by atoms with E-state index < -0.39 is 11.1 Å². The molecule has 3 aromatic carbocycles. The fourth-order valence-electron chi connectivity index (χ4n) is 7.96. The standard InChI is InChI=1S/C45H60N2O4/c1-5-6-7-8-9-10-11-12-13-14-15-16-17-18-19-22-33-46-41-24-21-20-23-40(41)44(2,3)45(46)32-31-38-34-37(35-42(47(48)49)43(38)51-45)26-25-36-27-29-39(50-4)30-28-36/h20-21,23-32,34-35H,5-19,22,33H2,1-4H3/b26-25+. The lowest BCUT2D eigenvalue weighted by Gasteiger charge is -2.47. The SMILES string of the molecule is CCCCCCCCCCCCCCCCCCN1c2ccccc2C(C)(C)C12C=Cc1cc(/C=C/c3ccc(OC)cc3)cc([N+](=O)[O-])c1O2. The highest BCUT2D eigenvalue weighted by Gasteiger charge is 2.59.